The lowest BCUT2D eigenvalue weighted by Gasteiger charge is -2.32. The number of ether oxygens (including phenoxy) is 2. The van der Waals surface area contributed by atoms with E-state index in [0.717, 1.165) is 80.5 Å². The summed E-state index contributed by atoms with van der Waals surface area (Å²) in [6.07, 6.45) is 15.1. The molecule has 0 saturated carbocycles. The van der Waals surface area contributed by atoms with Crippen molar-refractivity contribution in [1.29, 1.82) is 0 Å². The van der Waals surface area contributed by atoms with Crippen molar-refractivity contribution < 1.29 is 32.3 Å². The van der Waals surface area contributed by atoms with Gasteiger partial charge in [0, 0.05) is 41.2 Å². The number of amides is 2. The molecule has 0 radical (unpaired) electrons. The Kier molecular flexibility index (Phi) is 16.4. The van der Waals surface area contributed by atoms with Gasteiger partial charge in [-0.05, 0) is 128 Å². The fourth-order valence-electron chi connectivity index (χ4n) is 8.79. The van der Waals surface area contributed by atoms with Crippen LogP contribution >= 0.6 is 0 Å². The zero-order valence-corrected chi connectivity index (χ0v) is 39.4. The number of aryl methyl sites for hydroxylation is 2. The molecule has 2 aliphatic rings. The number of nitrogens with zero attached hydrogens (tertiary/aromatic N) is 5. The van der Waals surface area contributed by atoms with Crippen LogP contribution in [0.2, 0.25) is 0 Å². The van der Waals surface area contributed by atoms with Crippen molar-refractivity contribution in [2.45, 2.75) is 147 Å². The Hall–Kier alpha value is -5.09. The number of esters is 1. The van der Waals surface area contributed by atoms with Gasteiger partial charge in [-0.3, -0.25) is 19.5 Å². The number of nitrogens with two attached hydrogens (primary N) is 1. The Morgan fingerprint density at radius 2 is 1.69 bits per heavy atom. The summed E-state index contributed by atoms with van der Waals surface area (Å²) in [6, 6.07) is 8.31. The zero-order valence-electron chi connectivity index (χ0n) is 38.6. The molecule has 4 aromatic rings. The van der Waals surface area contributed by atoms with E-state index in [4.69, 9.17) is 15.2 Å². The quantitative estimate of drug-likeness (QED) is 0.0481. The molecule has 0 spiro atoms. The average Bonchev–Trinajstić information content (AvgIpc) is 3.77. The first-order valence-electron chi connectivity index (χ1n) is 23.0. The van der Waals surface area contributed by atoms with E-state index in [1.165, 1.54) is 56.9 Å². The first-order chi connectivity index (χ1) is 30.6. The highest BCUT2D eigenvalue weighted by atomic mass is 32.2. The second-order valence-electron chi connectivity index (χ2n) is 18.5. The molecule has 6 rings (SSSR count). The van der Waals surface area contributed by atoms with E-state index in [2.05, 4.69) is 36.4 Å². The van der Waals surface area contributed by atoms with Crippen LogP contribution in [0.3, 0.4) is 0 Å². The van der Waals surface area contributed by atoms with E-state index < -0.39 is 32.5 Å². The van der Waals surface area contributed by atoms with Gasteiger partial charge in [-0.2, -0.15) is 5.10 Å². The van der Waals surface area contributed by atoms with Crippen molar-refractivity contribution in [2.24, 2.45) is 11.7 Å². The van der Waals surface area contributed by atoms with Crippen LogP contribution in [0.5, 0.6) is 5.75 Å². The van der Waals surface area contributed by atoms with Crippen LogP contribution in [0.1, 0.15) is 137 Å². The number of nitrogens with one attached hydrogen (secondary N) is 2. The molecule has 1 saturated heterocycles. The van der Waals surface area contributed by atoms with E-state index in [0.29, 0.717) is 52.9 Å². The molecule has 16 heteroatoms. The van der Waals surface area contributed by atoms with Gasteiger partial charge in [0.15, 0.2) is 15.7 Å². The normalized spacial score (nSPS) is 15.4. The number of carbonyl (C=O) groups excluding carboxylic acids is 3. The minimum Gasteiger partial charge on any atom is -0.492 e. The van der Waals surface area contributed by atoms with Crippen LogP contribution in [-0.2, 0) is 37.1 Å². The molecule has 0 unspecified atom stereocenters. The van der Waals surface area contributed by atoms with Crippen LogP contribution in [-0.4, -0.2) is 100 Å². The van der Waals surface area contributed by atoms with Gasteiger partial charge in [0.05, 0.1) is 24.0 Å². The number of H-pyrrole nitrogens is 1. The third-order valence-electron chi connectivity index (χ3n) is 13.1. The van der Waals surface area contributed by atoms with Gasteiger partial charge in [0.25, 0.3) is 5.91 Å². The number of aromatic nitrogens is 4. The smallest absolute Gasteiger partial charge is 0.305 e. The van der Waals surface area contributed by atoms with E-state index in [-0.39, 0.29) is 23.6 Å². The molecule has 64 heavy (non-hydrogen) atoms. The predicted molar refractivity (Wildman–Crippen MR) is 248 cm³/mol. The number of piperidine rings is 1. The lowest BCUT2D eigenvalue weighted by atomic mass is 9.94. The monoisotopic (exact) mass is 900 g/mol. The molecule has 2 aliphatic heterocycles. The van der Waals surface area contributed by atoms with E-state index in [1.54, 1.807) is 32.9 Å². The van der Waals surface area contributed by atoms with Crippen molar-refractivity contribution >= 4 is 50.2 Å². The minimum atomic E-state index is -3.76. The van der Waals surface area contributed by atoms with E-state index >= 15 is 0 Å². The third kappa shape index (κ3) is 11.8. The van der Waals surface area contributed by atoms with Gasteiger partial charge >= 0.3 is 5.97 Å². The molecule has 0 bridgehead atoms. The van der Waals surface area contributed by atoms with E-state index in [9.17, 15) is 22.8 Å². The summed E-state index contributed by atoms with van der Waals surface area (Å²) in [7, 11) is -2.46. The fourth-order valence-corrected chi connectivity index (χ4v) is 10.1. The van der Waals surface area contributed by atoms with Crippen LogP contribution < -0.4 is 15.8 Å². The summed E-state index contributed by atoms with van der Waals surface area (Å²) in [5.41, 5.74) is 10.8. The maximum atomic E-state index is 13.9. The second-order valence-corrected chi connectivity index (χ2v) is 21.2. The molecule has 348 valence electrons. The Morgan fingerprint density at radius 1 is 0.984 bits per heavy atom. The Bertz CT molecular complexity index is 2370. The summed E-state index contributed by atoms with van der Waals surface area (Å²) >= 11 is 0. The number of primary amides is 1. The second kappa shape index (κ2) is 21.7. The summed E-state index contributed by atoms with van der Waals surface area (Å²) in [4.78, 5) is 50.3. The summed E-state index contributed by atoms with van der Waals surface area (Å²) in [5.74, 6) is 0.690. The zero-order chi connectivity index (χ0) is 46.0. The Balaban J connectivity index is 0.872. The fraction of sp³-hybridized carbons (Fsp3) is 0.583. The van der Waals surface area contributed by atoms with Gasteiger partial charge in [0.1, 0.15) is 28.8 Å². The van der Waals surface area contributed by atoms with Crippen molar-refractivity contribution in [3.8, 4) is 5.75 Å². The highest BCUT2D eigenvalue weighted by Gasteiger charge is 2.37. The number of hydrogen-bond donors (Lipinski definition) is 3. The van der Waals surface area contributed by atoms with Crippen LogP contribution in [0.15, 0.2) is 41.6 Å². The number of fused-ring (bicyclic) bond motifs is 2. The van der Waals surface area contributed by atoms with Crippen LogP contribution in [0.25, 0.3) is 10.9 Å². The molecule has 4 heterocycles. The van der Waals surface area contributed by atoms with Crippen molar-refractivity contribution in [1.82, 2.24) is 30.0 Å². The van der Waals surface area contributed by atoms with Crippen molar-refractivity contribution in [2.75, 3.05) is 38.7 Å². The lowest BCUT2D eigenvalue weighted by molar-refractivity contribution is -0.141. The number of hydrogen-bond acceptors (Lipinski definition) is 12. The van der Waals surface area contributed by atoms with Gasteiger partial charge in [0.2, 0.25) is 5.91 Å². The lowest BCUT2D eigenvalue weighted by Crippen LogP contribution is -2.45. The number of benzene rings is 2. The van der Waals surface area contributed by atoms with E-state index in [1.807, 2.05) is 26.0 Å². The highest BCUT2D eigenvalue weighted by Crippen LogP contribution is 2.38. The molecule has 2 aromatic carbocycles. The largest absolute Gasteiger partial charge is 0.492 e. The number of unbranched alkanes of at least 4 members (excludes halogenated alkanes) is 7. The molecule has 1 fully saturated rings. The van der Waals surface area contributed by atoms with Gasteiger partial charge in [-0.25, -0.2) is 18.4 Å². The van der Waals surface area contributed by atoms with Crippen molar-refractivity contribution in [3.63, 3.8) is 0 Å². The molecule has 4 N–H and O–H groups in total. The van der Waals surface area contributed by atoms with Crippen LogP contribution in [0.4, 0.5) is 11.6 Å². The number of anilines is 2. The number of sulfone groups is 1. The predicted octanol–water partition coefficient (Wildman–Crippen LogP) is 7.89. The summed E-state index contributed by atoms with van der Waals surface area (Å²) in [6.45, 7) is 13.0. The topological polar surface area (TPSA) is 203 Å². The minimum absolute atomic E-state index is 0.0217. The number of aromatic amines is 1. The standard InChI is InChI=1S/C48H68N8O7S/c1-32-33(2)53-54-45(32)52-46-37-28-42(64(60,61)48(3,4)5)41(29-39(37)50-31-51-46)63-27-23-34-21-25-55(26-22-34)24-14-12-10-8-7-9-11-13-16-35-17-15-18-36-38(35)30-56(47(36)59)40(44(49)58)19-20-43(57)62-6/h15,17-18,28-29,31,34,40H,7-14,16,19-27,30H2,1-6H3,(H2,49,58)(H2,50,51,52,53,54)/t40-/m0/s1. The first kappa shape index (κ1) is 48.4. The first-order valence-corrected chi connectivity index (χ1v) is 24.5. The molecule has 15 nitrogen and oxygen atoms in total. The Morgan fingerprint density at radius 3 is 2.34 bits per heavy atom. The molecule has 1 atom stereocenters. The number of methoxy groups -OCH3 is 1. The number of carbonyl (C=O) groups is 3. The average molecular weight is 901 g/mol. The Labute approximate surface area is 378 Å². The summed E-state index contributed by atoms with van der Waals surface area (Å²) in [5, 5.41) is 11.1. The summed E-state index contributed by atoms with van der Waals surface area (Å²) < 4.78 is 37.8. The number of rotatable bonds is 23. The molecule has 0 aliphatic carbocycles. The highest BCUT2D eigenvalue weighted by molar-refractivity contribution is 7.92. The molecule has 2 aromatic heterocycles. The molecular formula is C48H68N8O7S. The SMILES string of the molecule is COC(=O)CC[C@@H](C(N)=O)N1Cc2c(CCCCCCCCCCN3CCC(CCOc4cc5ncnc(Nc6n[nH]c(C)c6C)c5cc4S(=O)(=O)C(C)(C)C)CC3)cccc2C1=O. The maximum Gasteiger partial charge on any atom is 0.305 e. The van der Waals surface area contributed by atoms with Crippen molar-refractivity contribution in [3.05, 3.63) is 64.6 Å². The number of likely N-dealkylation sites (tertiary alicyclic amines) is 1. The van der Waals surface area contributed by atoms with Gasteiger partial charge < -0.3 is 30.3 Å². The third-order valence-corrected chi connectivity index (χ3v) is 15.6. The molecular weight excluding hydrogens is 833 g/mol. The van der Waals surface area contributed by atoms with Crippen LogP contribution in [0, 0.1) is 19.8 Å². The van der Waals surface area contributed by atoms with Gasteiger partial charge in [-0.1, -0.05) is 50.7 Å². The molecule has 2 amide bonds. The van der Waals surface area contributed by atoms with Gasteiger partial charge in [-0.15, -0.1) is 0 Å². The maximum absolute atomic E-state index is 13.9.